The van der Waals surface area contributed by atoms with Crippen LogP contribution in [0.4, 0.5) is 0 Å². The number of aliphatic imine (C=N–C) groups is 1. The molecule has 1 aliphatic heterocycles. The third-order valence-corrected chi connectivity index (χ3v) is 3.59. The molecule has 1 saturated heterocycles. The maximum absolute atomic E-state index is 5.94. The summed E-state index contributed by atoms with van der Waals surface area (Å²) in [5.74, 6) is 0.720. The summed E-state index contributed by atoms with van der Waals surface area (Å²) in [4.78, 5) is 9.00. The van der Waals surface area contributed by atoms with Crippen molar-refractivity contribution in [2.75, 3.05) is 27.2 Å². The van der Waals surface area contributed by atoms with Crippen LogP contribution in [0.2, 0.25) is 0 Å². The summed E-state index contributed by atoms with van der Waals surface area (Å²) in [6.45, 7) is 2.07. The lowest BCUT2D eigenvalue weighted by Gasteiger charge is -2.20. The van der Waals surface area contributed by atoms with Gasteiger partial charge in [0.15, 0.2) is 5.96 Å². The van der Waals surface area contributed by atoms with Crippen molar-refractivity contribution in [2.24, 2.45) is 10.7 Å². The van der Waals surface area contributed by atoms with Crippen LogP contribution < -0.4 is 5.73 Å². The first kappa shape index (κ1) is 14.0. The second-order valence-electron chi connectivity index (χ2n) is 4.82. The highest BCUT2D eigenvalue weighted by atomic mass is 127. The number of nitrogens with zero attached hydrogens (tertiary/aromatic N) is 3. The highest BCUT2D eigenvalue weighted by molar-refractivity contribution is 14.0. The number of hydrogen-bond donors (Lipinski definition) is 1. The van der Waals surface area contributed by atoms with Gasteiger partial charge in [-0.3, -0.25) is 4.99 Å². The van der Waals surface area contributed by atoms with Crippen LogP contribution in [0.25, 0.3) is 0 Å². The van der Waals surface area contributed by atoms with Gasteiger partial charge in [0, 0.05) is 19.1 Å². The Morgan fingerprint density at radius 2 is 2.12 bits per heavy atom. The number of guanidine groups is 1. The fraction of sp³-hybridized carbons (Fsp3) is 0.909. The molecule has 94 valence electrons. The lowest BCUT2D eigenvalue weighted by atomic mass is 10.2. The molecule has 2 rings (SSSR count). The topological polar surface area (TPSA) is 44.9 Å². The summed E-state index contributed by atoms with van der Waals surface area (Å²) in [7, 11) is 4.23. The van der Waals surface area contributed by atoms with Gasteiger partial charge in [-0.1, -0.05) is 0 Å². The zero-order valence-corrected chi connectivity index (χ0v) is 12.6. The van der Waals surface area contributed by atoms with Crippen molar-refractivity contribution in [1.29, 1.82) is 0 Å². The quantitative estimate of drug-likeness (QED) is 0.476. The fourth-order valence-electron chi connectivity index (χ4n) is 2.17. The molecule has 2 fully saturated rings. The first-order valence-corrected chi connectivity index (χ1v) is 5.91. The Morgan fingerprint density at radius 1 is 1.44 bits per heavy atom. The lowest BCUT2D eigenvalue weighted by molar-refractivity contribution is 0.316. The van der Waals surface area contributed by atoms with Crippen LogP contribution in [-0.2, 0) is 0 Å². The Labute approximate surface area is 115 Å². The molecule has 0 aromatic carbocycles. The third-order valence-electron chi connectivity index (χ3n) is 3.59. The van der Waals surface area contributed by atoms with Gasteiger partial charge in [-0.25, -0.2) is 0 Å². The molecule has 16 heavy (non-hydrogen) atoms. The number of likely N-dealkylation sites (N-methyl/N-ethyl adjacent to an activating group) is 1. The lowest BCUT2D eigenvalue weighted by Crippen LogP contribution is -2.37. The van der Waals surface area contributed by atoms with E-state index in [1.807, 2.05) is 0 Å². The second-order valence-corrected chi connectivity index (χ2v) is 4.82. The predicted molar refractivity (Wildman–Crippen MR) is 78.3 cm³/mol. The molecule has 0 bridgehead atoms. The maximum atomic E-state index is 5.94. The summed E-state index contributed by atoms with van der Waals surface area (Å²) < 4.78 is 0. The Bertz CT molecular complexity index is 252. The molecule has 2 aliphatic rings. The van der Waals surface area contributed by atoms with Gasteiger partial charge in [0.05, 0.1) is 6.54 Å². The SMILES string of the molecule is CN1CCCC1CN=C(N)N(C)C1CC1.I. The van der Waals surface area contributed by atoms with Gasteiger partial charge >= 0.3 is 0 Å². The number of nitrogens with two attached hydrogens (primary N) is 1. The van der Waals surface area contributed by atoms with Gasteiger partial charge in [0.2, 0.25) is 0 Å². The Kier molecular flexibility index (Phi) is 5.30. The van der Waals surface area contributed by atoms with Crippen LogP contribution in [0.5, 0.6) is 0 Å². The van der Waals surface area contributed by atoms with Crippen molar-refractivity contribution in [2.45, 2.75) is 37.8 Å². The predicted octanol–water partition coefficient (Wildman–Crippen LogP) is 1.11. The van der Waals surface area contributed by atoms with Crippen LogP contribution in [0, 0.1) is 0 Å². The number of likely N-dealkylation sites (tertiary alicyclic amines) is 1. The van der Waals surface area contributed by atoms with Crippen LogP contribution in [0.1, 0.15) is 25.7 Å². The molecule has 1 saturated carbocycles. The van der Waals surface area contributed by atoms with E-state index in [1.54, 1.807) is 0 Å². The summed E-state index contributed by atoms with van der Waals surface area (Å²) in [6, 6.07) is 1.27. The zero-order chi connectivity index (χ0) is 10.8. The first-order chi connectivity index (χ1) is 7.18. The van der Waals surface area contributed by atoms with Gasteiger partial charge < -0.3 is 15.5 Å². The molecule has 1 aliphatic carbocycles. The molecule has 0 amide bonds. The summed E-state index contributed by atoms with van der Waals surface area (Å²) in [5.41, 5.74) is 5.94. The van der Waals surface area contributed by atoms with E-state index in [0.717, 1.165) is 12.5 Å². The molecule has 1 heterocycles. The maximum Gasteiger partial charge on any atom is 0.191 e. The van der Waals surface area contributed by atoms with E-state index in [4.69, 9.17) is 5.73 Å². The van der Waals surface area contributed by atoms with E-state index < -0.39 is 0 Å². The number of rotatable bonds is 3. The minimum atomic E-state index is 0. The summed E-state index contributed by atoms with van der Waals surface area (Å²) >= 11 is 0. The van der Waals surface area contributed by atoms with Crippen molar-refractivity contribution in [3.8, 4) is 0 Å². The standard InChI is InChI=1S/C11H22N4.HI/c1-14-7-3-4-10(14)8-13-11(12)15(2)9-5-6-9;/h9-10H,3-8H2,1-2H3,(H2,12,13);1H. The minimum Gasteiger partial charge on any atom is -0.370 e. The molecule has 4 nitrogen and oxygen atoms in total. The highest BCUT2D eigenvalue weighted by Crippen LogP contribution is 2.25. The molecule has 5 heteroatoms. The molecule has 2 N–H and O–H groups in total. The van der Waals surface area contributed by atoms with E-state index >= 15 is 0 Å². The van der Waals surface area contributed by atoms with Crippen LogP contribution >= 0.6 is 24.0 Å². The van der Waals surface area contributed by atoms with Crippen LogP contribution in [0.3, 0.4) is 0 Å². The van der Waals surface area contributed by atoms with Gasteiger partial charge in [-0.15, -0.1) is 24.0 Å². The van der Waals surface area contributed by atoms with E-state index in [1.165, 1.54) is 32.2 Å². The number of hydrogen-bond acceptors (Lipinski definition) is 2. The minimum absolute atomic E-state index is 0. The summed E-state index contributed by atoms with van der Waals surface area (Å²) in [5, 5.41) is 0. The molecule has 1 atom stereocenters. The smallest absolute Gasteiger partial charge is 0.191 e. The number of halogens is 1. The van der Waals surface area contributed by atoms with Crippen LogP contribution in [0.15, 0.2) is 4.99 Å². The third kappa shape index (κ3) is 3.48. The molecule has 0 spiro atoms. The molecule has 0 aromatic heterocycles. The van der Waals surface area contributed by atoms with E-state index in [0.29, 0.717) is 12.1 Å². The largest absolute Gasteiger partial charge is 0.370 e. The summed E-state index contributed by atoms with van der Waals surface area (Å²) in [6.07, 6.45) is 5.11. The fourth-order valence-corrected chi connectivity index (χ4v) is 2.17. The zero-order valence-electron chi connectivity index (χ0n) is 10.2. The normalized spacial score (nSPS) is 26.6. The van der Waals surface area contributed by atoms with E-state index in [-0.39, 0.29) is 24.0 Å². The van der Waals surface area contributed by atoms with Crippen molar-refractivity contribution in [3.05, 3.63) is 0 Å². The van der Waals surface area contributed by atoms with Crippen molar-refractivity contribution < 1.29 is 0 Å². The van der Waals surface area contributed by atoms with Crippen molar-refractivity contribution >= 4 is 29.9 Å². The Balaban J connectivity index is 0.00000128. The monoisotopic (exact) mass is 338 g/mol. The van der Waals surface area contributed by atoms with Crippen molar-refractivity contribution in [1.82, 2.24) is 9.80 Å². The molecule has 0 aromatic rings. The van der Waals surface area contributed by atoms with Gasteiger partial charge in [0.25, 0.3) is 0 Å². The molecular weight excluding hydrogens is 315 g/mol. The molecule has 0 radical (unpaired) electrons. The Hall–Kier alpha value is -0.0400. The van der Waals surface area contributed by atoms with Gasteiger partial charge in [0.1, 0.15) is 0 Å². The first-order valence-electron chi connectivity index (χ1n) is 5.91. The second kappa shape index (κ2) is 6.05. The van der Waals surface area contributed by atoms with E-state index in [9.17, 15) is 0 Å². The van der Waals surface area contributed by atoms with Gasteiger partial charge in [-0.05, 0) is 39.3 Å². The average Bonchev–Trinajstić information content (AvgIpc) is 2.99. The Morgan fingerprint density at radius 3 is 2.62 bits per heavy atom. The van der Waals surface area contributed by atoms with Crippen LogP contribution in [-0.4, -0.2) is 55.0 Å². The van der Waals surface area contributed by atoms with Crippen molar-refractivity contribution in [3.63, 3.8) is 0 Å². The molecular formula is C11H23IN4. The van der Waals surface area contributed by atoms with Gasteiger partial charge in [-0.2, -0.15) is 0 Å². The molecule has 1 unspecified atom stereocenters. The van der Waals surface area contributed by atoms with E-state index in [2.05, 4.69) is 28.9 Å². The average molecular weight is 338 g/mol. The highest BCUT2D eigenvalue weighted by Gasteiger charge is 2.27.